The zero-order valence-corrected chi connectivity index (χ0v) is 16.2. The van der Waals surface area contributed by atoms with E-state index in [1.807, 2.05) is 23.1 Å². The van der Waals surface area contributed by atoms with Crippen LogP contribution in [-0.4, -0.2) is 70.5 Å². The number of rotatable bonds is 3. The Morgan fingerprint density at radius 1 is 1.14 bits per heavy atom. The highest BCUT2D eigenvalue weighted by atomic mass is 16.5. The molecule has 0 saturated carbocycles. The van der Waals surface area contributed by atoms with E-state index in [4.69, 9.17) is 9.47 Å². The molecule has 5 rings (SSSR count). The van der Waals surface area contributed by atoms with Gasteiger partial charge in [0, 0.05) is 44.8 Å². The number of carbonyl (C=O) groups excluding carboxylic acids is 1. The molecule has 150 valence electrons. The summed E-state index contributed by atoms with van der Waals surface area (Å²) in [6.07, 6.45) is 4.05. The van der Waals surface area contributed by atoms with Crippen molar-refractivity contribution >= 4 is 22.5 Å². The summed E-state index contributed by atoms with van der Waals surface area (Å²) in [6, 6.07) is 6.07. The van der Waals surface area contributed by atoms with Crippen LogP contribution in [0.5, 0.6) is 11.8 Å². The van der Waals surface area contributed by atoms with Crippen LogP contribution >= 0.6 is 0 Å². The number of carbonyl (C=O) groups is 1. The molecule has 0 aliphatic carbocycles. The zero-order valence-electron chi connectivity index (χ0n) is 16.2. The number of amides is 1. The molecule has 0 N–H and O–H groups in total. The number of aromatic nitrogens is 4. The smallest absolute Gasteiger partial charge is 0.261 e. The Labute approximate surface area is 167 Å². The Bertz CT molecular complexity index is 1060. The highest BCUT2D eigenvalue weighted by Crippen LogP contribution is 2.28. The van der Waals surface area contributed by atoms with Gasteiger partial charge in [0.25, 0.3) is 5.91 Å². The molecular formula is C20H22N6O3. The van der Waals surface area contributed by atoms with E-state index in [2.05, 4.69) is 20.0 Å². The van der Waals surface area contributed by atoms with Crippen molar-refractivity contribution in [3.05, 3.63) is 36.3 Å². The lowest BCUT2D eigenvalue weighted by Gasteiger charge is -2.36. The molecule has 2 aromatic heterocycles. The van der Waals surface area contributed by atoms with Crippen LogP contribution in [0.2, 0.25) is 0 Å². The van der Waals surface area contributed by atoms with Crippen molar-refractivity contribution in [1.82, 2.24) is 24.6 Å². The summed E-state index contributed by atoms with van der Waals surface area (Å²) >= 11 is 0. The fourth-order valence-electron chi connectivity index (χ4n) is 3.93. The molecular weight excluding hydrogens is 372 g/mol. The highest BCUT2D eigenvalue weighted by molar-refractivity contribution is 5.96. The number of nitrogens with zero attached hydrogens (tertiary/aromatic N) is 6. The predicted molar refractivity (Wildman–Crippen MR) is 107 cm³/mol. The van der Waals surface area contributed by atoms with E-state index >= 15 is 0 Å². The molecule has 4 heterocycles. The van der Waals surface area contributed by atoms with Crippen LogP contribution in [0.4, 0.5) is 5.69 Å². The monoisotopic (exact) mass is 394 g/mol. The van der Waals surface area contributed by atoms with Gasteiger partial charge in [-0.3, -0.25) is 4.79 Å². The summed E-state index contributed by atoms with van der Waals surface area (Å²) < 4.78 is 12.8. The van der Waals surface area contributed by atoms with Crippen molar-refractivity contribution < 1.29 is 14.3 Å². The quantitative estimate of drug-likeness (QED) is 0.667. The first-order chi connectivity index (χ1) is 14.2. The molecule has 9 nitrogen and oxygen atoms in total. The van der Waals surface area contributed by atoms with Crippen LogP contribution in [0.15, 0.2) is 30.7 Å². The minimum absolute atomic E-state index is 0.0126. The molecule has 0 unspecified atom stereocenters. The van der Waals surface area contributed by atoms with Crippen LogP contribution in [0.3, 0.4) is 0 Å². The zero-order chi connectivity index (χ0) is 19.8. The van der Waals surface area contributed by atoms with Crippen LogP contribution in [0.25, 0.3) is 10.9 Å². The first-order valence-electron chi connectivity index (χ1n) is 9.76. The van der Waals surface area contributed by atoms with Gasteiger partial charge in [-0.15, -0.1) is 0 Å². The van der Waals surface area contributed by atoms with E-state index in [0.29, 0.717) is 37.0 Å². The SMILES string of the molecule is COc1ncnc2ccc(N3CCN(C(=O)c4cnn5c4OCCC5)CC3)cc12. The average molecular weight is 394 g/mol. The van der Waals surface area contributed by atoms with E-state index in [1.165, 1.54) is 6.33 Å². The maximum atomic E-state index is 13.0. The third-order valence-electron chi connectivity index (χ3n) is 5.48. The molecule has 9 heteroatoms. The fourth-order valence-corrected chi connectivity index (χ4v) is 3.93. The maximum absolute atomic E-state index is 13.0. The van der Waals surface area contributed by atoms with Gasteiger partial charge in [-0.1, -0.05) is 0 Å². The number of piperazine rings is 1. The van der Waals surface area contributed by atoms with E-state index < -0.39 is 0 Å². The molecule has 1 amide bonds. The number of fused-ring (bicyclic) bond motifs is 2. The van der Waals surface area contributed by atoms with Gasteiger partial charge in [0.2, 0.25) is 11.8 Å². The second-order valence-corrected chi connectivity index (χ2v) is 7.15. The van der Waals surface area contributed by atoms with Crippen LogP contribution in [0, 0.1) is 0 Å². The van der Waals surface area contributed by atoms with Gasteiger partial charge in [-0.25, -0.2) is 14.6 Å². The average Bonchev–Trinajstić information content (AvgIpc) is 3.22. The van der Waals surface area contributed by atoms with Crippen molar-refractivity contribution in [1.29, 1.82) is 0 Å². The molecule has 1 aromatic carbocycles. The molecule has 3 aromatic rings. The van der Waals surface area contributed by atoms with Crippen LogP contribution in [-0.2, 0) is 6.54 Å². The standard InChI is InChI=1S/C20H22N6O3/c1-28-18-15-11-14(3-4-17(15)21-13-22-18)24-6-8-25(9-7-24)19(27)16-12-23-26-5-2-10-29-20(16)26/h3-4,11-13H,2,5-10H2,1H3. The van der Waals surface area contributed by atoms with Crippen molar-refractivity contribution in [3.8, 4) is 11.8 Å². The highest BCUT2D eigenvalue weighted by Gasteiger charge is 2.28. The van der Waals surface area contributed by atoms with Gasteiger partial charge in [0.15, 0.2) is 0 Å². The minimum Gasteiger partial charge on any atom is -0.480 e. The molecule has 2 aliphatic heterocycles. The molecule has 29 heavy (non-hydrogen) atoms. The Morgan fingerprint density at radius 2 is 2.00 bits per heavy atom. The molecule has 0 atom stereocenters. The van der Waals surface area contributed by atoms with Crippen molar-refractivity contribution in [3.63, 3.8) is 0 Å². The molecule has 1 fully saturated rings. The summed E-state index contributed by atoms with van der Waals surface area (Å²) in [6.45, 7) is 4.21. The van der Waals surface area contributed by atoms with Gasteiger partial charge in [-0.05, 0) is 18.2 Å². The van der Waals surface area contributed by atoms with Gasteiger partial charge < -0.3 is 19.3 Å². The van der Waals surface area contributed by atoms with Gasteiger partial charge in [-0.2, -0.15) is 5.10 Å². The number of hydrogen-bond donors (Lipinski definition) is 0. The molecule has 2 aliphatic rings. The molecule has 0 bridgehead atoms. The van der Waals surface area contributed by atoms with E-state index in [-0.39, 0.29) is 5.91 Å². The van der Waals surface area contributed by atoms with Crippen molar-refractivity contribution in [2.45, 2.75) is 13.0 Å². The van der Waals surface area contributed by atoms with Crippen LogP contribution < -0.4 is 14.4 Å². The lowest BCUT2D eigenvalue weighted by molar-refractivity contribution is 0.0740. The minimum atomic E-state index is -0.0126. The topological polar surface area (TPSA) is 85.6 Å². The number of benzene rings is 1. The molecule has 1 saturated heterocycles. The lowest BCUT2D eigenvalue weighted by Crippen LogP contribution is -2.48. The fraction of sp³-hybridized carbons (Fsp3) is 0.400. The Hall–Kier alpha value is -3.36. The summed E-state index contributed by atoms with van der Waals surface area (Å²) in [7, 11) is 1.61. The lowest BCUT2D eigenvalue weighted by atomic mass is 10.1. The van der Waals surface area contributed by atoms with E-state index in [1.54, 1.807) is 18.0 Å². The number of hydrogen-bond acceptors (Lipinski definition) is 7. The van der Waals surface area contributed by atoms with Crippen molar-refractivity contribution in [2.24, 2.45) is 0 Å². The first kappa shape index (κ1) is 17.7. The number of ether oxygens (including phenoxy) is 2. The van der Waals surface area contributed by atoms with Gasteiger partial charge in [0.1, 0.15) is 11.9 Å². The van der Waals surface area contributed by atoms with Crippen LogP contribution in [0.1, 0.15) is 16.8 Å². The first-order valence-corrected chi connectivity index (χ1v) is 9.76. The van der Waals surface area contributed by atoms with E-state index in [9.17, 15) is 4.79 Å². The maximum Gasteiger partial charge on any atom is 0.261 e. The number of aryl methyl sites for hydroxylation is 1. The molecule has 0 spiro atoms. The Kier molecular flexibility index (Phi) is 4.42. The summed E-state index contributed by atoms with van der Waals surface area (Å²) in [5, 5.41) is 5.17. The largest absolute Gasteiger partial charge is 0.480 e. The second kappa shape index (κ2) is 7.23. The summed E-state index contributed by atoms with van der Waals surface area (Å²) in [5.41, 5.74) is 2.48. The summed E-state index contributed by atoms with van der Waals surface area (Å²) in [5.74, 6) is 1.16. The third kappa shape index (κ3) is 3.12. The summed E-state index contributed by atoms with van der Waals surface area (Å²) in [4.78, 5) is 25.6. The van der Waals surface area contributed by atoms with E-state index in [0.717, 1.165) is 42.6 Å². The Balaban J connectivity index is 1.31. The number of methoxy groups -OCH3 is 1. The van der Waals surface area contributed by atoms with Crippen molar-refractivity contribution in [2.75, 3.05) is 44.8 Å². The second-order valence-electron chi connectivity index (χ2n) is 7.15. The Morgan fingerprint density at radius 3 is 2.83 bits per heavy atom. The number of anilines is 1. The molecule has 0 radical (unpaired) electrons. The normalized spacial score (nSPS) is 16.4. The predicted octanol–water partition coefficient (Wildman–Crippen LogP) is 1.58. The van der Waals surface area contributed by atoms with Gasteiger partial charge in [0.05, 0.1) is 30.8 Å². The van der Waals surface area contributed by atoms with Gasteiger partial charge >= 0.3 is 0 Å². The third-order valence-corrected chi connectivity index (χ3v) is 5.48.